The van der Waals surface area contributed by atoms with Crippen LogP contribution in [0.25, 0.3) is 0 Å². The normalized spacial score (nSPS) is 14.4. The Morgan fingerprint density at radius 3 is 1.60 bits per heavy atom. The number of aliphatic hydroxyl groups excluding tert-OH is 1. The van der Waals surface area contributed by atoms with Crippen molar-refractivity contribution >= 4 is 59.2 Å². The highest BCUT2D eigenvalue weighted by Gasteiger charge is 2.34. The lowest BCUT2D eigenvalue weighted by molar-refractivity contribution is -0.147. The molecular formula is C29H42N10O12S. The second-order valence-corrected chi connectivity index (χ2v) is 12.3. The number of aliphatic hydroxyl groups is 1. The van der Waals surface area contributed by atoms with Crippen LogP contribution in [0.3, 0.4) is 0 Å². The van der Waals surface area contributed by atoms with Gasteiger partial charge in [-0.25, -0.2) is 14.8 Å². The van der Waals surface area contributed by atoms with Crippen molar-refractivity contribution in [1.29, 1.82) is 0 Å². The van der Waals surface area contributed by atoms with Crippen molar-refractivity contribution in [3.8, 4) is 0 Å². The monoisotopic (exact) mass is 754 g/mol. The fourth-order valence-corrected chi connectivity index (χ4v) is 4.99. The zero-order valence-corrected chi connectivity index (χ0v) is 28.7. The van der Waals surface area contributed by atoms with Crippen LogP contribution in [0.4, 0.5) is 0 Å². The van der Waals surface area contributed by atoms with Crippen LogP contribution in [0.2, 0.25) is 0 Å². The highest BCUT2D eigenvalue weighted by atomic mass is 32.2. The van der Waals surface area contributed by atoms with Gasteiger partial charge in [0.1, 0.15) is 30.2 Å². The van der Waals surface area contributed by atoms with Crippen molar-refractivity contribution in [2.45, 2.75) is 74.8 Å². The first-order valence-electron chi connectivity index (χ1n) is 15.6. The van der Waals surface area contributed by atoms with E-state index in [1.807, 2.05) is 11.6 Å². The number of aliphatic carboxylic acids is 3. The summed E-state index contributed by atoms with van der Waals surface area (Å²) in [6, 6.07) is -9.14. The van der Waals surface area contributed by atoms with Crippen molar-refractivity contribution in [2.75, 3.05) is 18.6 Å². The van der Waals surface area contributed by atoms with Crippen LogP contribution < -0.4 is 32.3 Å². The van der Waals surface area contributed by atoms with Gasteiger partial charge in [0.05, 0.1) is 31.7 Å². The molecule has 0 fully saturated rings. The molecule has 0 aliphatic rings. The third-order valence-corrected chi connectivity index (χ3v) is 7.93. The Labute approximate surface area is 299 Å². The number of amides is 5. The van der Waals surface area contributed by atoms with E-state index in [1.165, 1.54) is 36.8 Å². The highest BCUT2D eigenvalue weighted by molar-refractivity contribution is 7.98. The Morgan fingerprint density at radius 1 is 0.692 bits per heavy atom. The number of carbonyl (C=O) groups is 8. The zero-order chi connectivity index (χ0) is 38.8. The number of hydrogen-bond donors (Lipinski definition) is 12. The van der Waals surface area contributed by atoms with Gasteiger partial charge in [0.25, 0.3) is 0 Å². The van der Waals surface area contributed by atoms with E-state index in [0.29, 0.717) is 17.9 Å². The molecule has 2 rings (SSSR count). The van der Waals surface area contributed by atoms with Crippen LogP contribution in [-0.2, 0) is 51.2 Å². The molecule has 286 valence electrons. The van der Waals surface area contributed by atoms with Gasteiger partial charge in [0.2, 0.25) is 29.5 Å². The number of nitrogens with one attached hydrogen (secondary N) is 7. The van der Waals surface area contributed by atoms with Crippen LogP contribution in [0.5, 0.6) is 0 Å². The standard InChI is InChI=1S/C29H42N10O12S/c1-52-5-4-16(30)24(45)36-18(6-14-9-31-12-33-14)27(48)39-21(11-40)28(49)35-17(2-3-22(41)42)25(46)37-19(7-15-10-32-13-34-15)26(47)38-20(29(50)51)8-23(43)44/h9-10,12-13,16-21,40H,2-8,11,30H2,1H3,(H,31,33)(H,32,34)(H,35,49)(H,36,45)(H,37,46)(H,38,47)(H,39,48)(H,41,42)(H,43,44)(H,50,51)/t16-,17-,18-,19-,20-,21-/m0/s1. The summed E-state index contributed by atoms with van der Waals surface area (Å²) in [4.78, 5) is 113. The van der Waals surface area contributed by atoms with E-state index >= 15 is 0 Å². The van der Waals surface area contributed by atoms with Gasteiger partial charge in [-0.1, -0.05) is 0 Å². The summed E-state index contributed by atoms with van der Waals surface area (Å²) in [6.07, 6.45) is 4.77. The summed E-state index contributed by atoms with van der Waals surface area (Å²) in [5.74, 6) is -8.97. The third kappa shape index (κ3) is 14.7. The van der Waals surface area contributed by atoms with Crippen molar-refractivity contribution in [1.82, 2.24) is 46.5 Å². The highest BCUT2D eigenvalue weighted by Crippen LogP contribution is 2.07. The number of H-pyrrole nitrogens is 2. The predicted octanol–water partition coefficient (Wildman–Crippen LogP) is -4.16. The average molecular weight is 755 g/mol. The summed E-state index contributed by atoms with van der Waals surface area (Å²) in [5, 5.41) is 49.1. The summed E-state index contributed by atoms with van der Waals surface area (Å²) < 4.78 is 0. The molecule has 0 spiro atoms. The average Bonchev–Trinajstić information content (AvgIpc) is 3.81. The minimum atomic E-state index is -1.88. The van der Waals surface area contributed by atoms with Crippen LogP contribution in [0.1, 0.15) is 37.1 Å². The van der Waals surface area contributed by atoms with Crippen molar-refractivity contribution < 1.29 is 58.8 Å². The van der Waals surface area contributed by atoms with Crippen molar-refractivity contribution in [2.24, 2.45) is 5.73 Å². The van der Waals surface area contributed by atoms with Gasteiger partial charge < -0.3 is 62.7 Å². The largest absolute Gasteiger partial charge is 0.481 e. The molecule has 0 saturated heterocycles. The SMILES string of the molecule is CSCC[C@H](N)C(=O)N[C@@H](Cc1cnc[nH]1)C(=O)N[C@@H](CO)C(=O)N[C@@H](CCC(=O)O)C(=O)N[C@@H](Cc1cnc[nH]1)C(=O)N[C@@H](CC(=O)O)C(=O)O. The Balaban J connectivity index is 2.26. The molecule has 2 aromatic rings. The molecule has 6 atom stereocenters. The molecule has 23 heteroatoms. The van der Waals surface area contributed by atoms with Gasteiger partial charge in [-0.2, -0.15) is 11.8 Å². The Morgan fingerprint density at radius 2 is 1.15 bits per heavy atom. The number of aromatic nitrogens is 4. The topological polar surface area (TPSA) is 361 Å². The number of aromatic amines is 2. The quantitative estimate of drug-likeness (QED) is 0.0484. The molecule has 0 aromatic carbocycles. The van der Waals surface area contributed by atoms with E-state index in [9.17, 15) is 53.7 Å². The molecule has 2 heterocycles. The number of carbonyl (C=O) groups excluding carboxylic acids is 5. The first-order valence-corrected chi connectivity index (χ1v) is 17.0. The third-order valence-electron chi connectivity index (χ3n) is 7.28. The molecule has 0 aliphatic heterocycles. The van der Waals surface area contributed by atoms with Crippen molar-refractivity contribution in [3.05, 3.63) is 36.4 Å². The number of imidazole rings is 2. The second kappa shape index (κ2) is 21.6. The van der Waals surface area contributed by atoms with E-state index in [4.69, 9.17) is 10.8 Å². The minimum absolute atomic E-state index is 0.120. The molecule has 0 aliphatic carbocycles. The molecule has 52 heavy (non-hydrogen) atoms. The van der Waals surface area contributed by atoms with Gasteiger partial charge in [-0.3, -0.25) is 33.6 Å². The van der Waals surface area contributed by atoms with Crippen LogP contribution in [0.15, 0.2) is 25.0 Å². The summed E-state index contributed by atoms with van der Waals surface area (Å²) >= 11 is 1.46. The molecule has 0 radical (unpaired) electrons. The Hall–Kier alpha value is -5.55. The Bertz CT molecular complexity index is 1520. The molecule has 0 unspecified atom stereocenters. The summed E-state index contributed by atoms with van der Waals surface area (Å²) in [6.45, 7) is -1.01. The lowest BCUT2D eigenvalue weighted by atomic mass is 10.1. The fraction of sp³-hybridized carbons (Fsp3) is 0.517. The molecular weight excluding hydrogens is 712 g/mol. The predicted molar refractivity (Wildman–Crippen MR) is 179 cm³/mol. The number of carboxylic acids is 3. The van der Waals surface area contributed by atoms with Gasteiger partial charge >= 0.3 is 17.9 Å². The number of carboxylic acid groups (broad SMARTS) is 3. The van der Waals surface area contributed by atoms with Gasteiger partial charge in [0, 0.05) is 43.0 Å². The lowest BCUT2D eigenvalue weighted by Gasteiger charge is -2.26. The van der Waals surface area contributed by atoms with Crippen LogP contribution >= 0.6 is 11.8 Å². The van der Waals surface area contributed by atoms with Crippen molar-refractivity contribution in [3.63, 3.8) is 0 Å². The van der Waals surface area contributed by atoms with E-state index in [-0.39, 0.29) is 18.5 Å². The molecule has 2 aromatic heterocycles. The van der Waals surface area contributed by atoms with Crippen LogP contribution in [0, 0.1) is 0 Å². The van der Waals surface area contributed by atoms with Crippen LogP contribution in [-0.4, -0.2) is 143 Å². The maximum Gasteiger partial charge on any atom is 0.326 e. The second-order valence-electron chi connectivity index (χ2n) is 11.3. The maximum absolute atomic E-state index is 13.5. The summed E-state index contributed by atoms with van der Waals surface area (Å²) in [5.41, 5.74) is 6.65. The number of nitrogens with zero attached hydrogens (tertiary/aromatic N) is 2. The molecule has 22 nitrogen and oxygen atoms in total. The van der Waals surface area contributed by atoms with E-state index < -0.39 is 110 Å². The lowest BCUT2D eigenvalue weighted by Crippen LogP contribution is -2.60. The molecule has 13 N–H and O–H groups in total. The van der Waals surface area contributed by atoms with Gasteiger partial charge in [0.15, 0.2) is 0 Å². The molecule has 5 amide bonds. The maximum atomic E-state index is 13.5. The molecule has 0 saturated carbocycles. The first-order chi connectivity index (χ1) is 24.6. The first kappa shape index (κ1) is 42.6. The smallest absolute Gasteiger partial charge is 0.326 e. The number of hydrogen-bond acceptors (Lipinski definition) is 13. The minimum Gasteiger partial charge on any atom is -0.481 e. The Kier molecular flexibility index (Phi) is 17.7. The number of rotatable bonds is 24. The number of thioether (sulfide) groups is 1. The van der Waals surface area contributed by atoms with Gasteiger partial charge in [-0.15, -0.1) is 0 Å². The molecule has 0 bridgehead atoms. The van der Waals surface area contributed by atoms with E-state index in [1.54, 1.807) is 0 Å². The fourth-order valence-electron chi connectivity index (χ4n) is 4.50. The number of nitrogens with two attached hydrogens (primary N) is 1. The van der Waals surface area contributed by atoms with E-state index in [2.05, 4.69) is 41.2 Å². The zero-order valence-electron chi connectivity index (χ0n) is 27.9. The summed E-state index contributed by atoms with van der Waals surface area (Å²) in [7, 11) is 0. The van der Waals surface area contributed by atoms with Gasteiger partial charge in [-0.05, 0) is 24.9 Å². The van der Waals surface area contributed by atoms with E-state index in [0.717, 1.165) is 0 Å².